The summed E-state index contributed by atoms with van der Waals surface area (Å²) in [6.07, 6.45) is 2.36. The number of nitrogens with two attached hydrogens (primary N) is 1. The Bertz CT molecular complexity index is 1470. The van der Waals surface area contributed by atoms with E-state index in [0.29, 0.717) is 17.1 Å². The first kappa shape index (κ1) is 25.9. The molecule has 194 valence electrons. The van der Waals surface area contributed by atoms with Gasteiger partial charge in [0.1, 0.15) is 5.84 Å². The van der Waals surface area contributed by atoms with Crippen molar-refractivity contribution in [1.82, 2.24) is 15.0 Å². The maximum atomic E-state index is 13.3. The van der Waals surface area contributed by atoms with Crippen LogP contribution in [0.3, 0.4) is 0 Å². The highest BCUT2D eigenvalue weighted by Crippen LogP contribution is 2.33. The Balaban J connectivity index is 1.55. The first-order chi connectivity index (χ1) is 18.1. The van der Waals surface area contributed by atoms with Crippen LogP contribution in [0, 0.1) is 0 Å². The van der Waals surface area contributed by atoms with Gasteiger partial charge in [-0.05, 0) is 49.4 Å². The van der Waals surface area contributed by atoms with Crippen molar-refractivity contribution in [3.05, 3.63) is 96.7 Å². The van der Waals surface area contributed by atoms with Gasteiger partial charge < -0.3 is 21.3 Å². The minimum Gasteiger partial charge on any atom is -0.402 e. The van der Waals surface area contributed by atoms with Gasteiger partial charge in [0, 0.05) is 35.5 Å². The zero-order valence-electron chi connectivity index (χ0n) is 19.9. The molecule has 4 rings (SSSR count). The fourth-order valence-electron chi connectivity index (χ4n) is 3.66. The molecule has 0 spiro atoms. The summed E-state index contributed by atoms with van der Waals surface area (Å²) in [5.41, 5.74) is 6.51. The van der Waals surface area contributed by atoms with Crippen molar-refractivity contribution in [3.63, 3.8) is 0 Å². The molecular weight excluding hydrogens is 501 g/mol. The quantitative estimate of drug-likeness (QED) is 0.420. The van der Waals surface area contributed by atoms with E-state index < -0.39 is 17.8 Å². The van der Waals surface area contributed by atoms with E-state index in [0.717, 1.165) is 12.1 Å². The van der Waals surface area contributed by atoms with Gasteiger partial charge in [0.25, 0.3) is 0 Å². The Hall–Kier alpha value is -5.20. The highest BCUT2D eigenvalue weighted by Gasteiger charge is 2.31. The Morgan fingerprint density at radius 2 is 1.89 bits per heavy atom. The Labute approximate surface area is 214 Å². The monoisotopic (exact) mass is 522 g/mol. The first-order valence-corrected chi connectivity index (χ1v) is 11.0. The lowest BCUT2D eigenvalue weighted by Gasteiger charge is -2.27. The third-order valence-electron chi connectivity index (χ3n) is 5.33. The fourth-order valence-corrected chi connectivity index (χ4v) is 3.66. The molecule has 0 radical (unpaired) electrons. The summed E-state index contributed by atoms with van der Waals surface area (Å²) >= 11 is 0. The first-order valence-electron chi connectivity index (χ1n) is 11.0. The molecule has 2 amide bonds. The number of aromatic nitrogens is 3. The van der Waals surface area contributed by atoms with E-state index in [1.54, 1.807) is 36.1 Å². The number of halogens is 3. The van der Waals surface area contributed by atoms with Gasteiger partial charge >= 0.3 is 12.2 Å². The van der Waals surface area contributed by atoms with Crippen molar-refractivity contribution in [3.8, 4) is 5.69 Å². The van der Waals surface area contributed by atoms with E-state index in [2.05, 4.69) is 32.5 Å². The minimum absolute atomic E-state index is 0.121. The predicted molar refractivity (Wildman–Crippen MR) is 137 cm³/mol. The smallest absolute Gasteiger partial charge is 0.402 e. The molecule has 4 N–H and O–H groups in total. The van der Waals surface area contributed by atoms with E-state index in [-0.39, 0.29) is 28.6 Å². The van der Waals surface area contributed by atoms with Crippen LogP contribution in [-0.4, -0.2) is 32.6 Å². The van der Waals surface area contributed by atoms with E-state index >= 15 is 0 Å². The number of hydrogen-bond acceptors (Lipinski definition) is 6. The van der Waals surface area contributed by atoms with Crippen molar-refractivity contribution >= 4 is 34.7 Å². The number of nitrogens with one attached hydrogen (secondary N) is 2. The van der Waals surface area contributed by atoms with Crippen LogP contribution in [0.4, 0.5) is 35.0 Å². The molecule has 0 bridgehead atoms. The molecule has 0 unspecified atom stereocenters. The minimum atomic E-state index is -4.61. The summed E-state index contributed by atoms with van der Waals surface area (Å²) in [4.78, 5) is 30.8. The molecular formula is C25H21F3N8O2. The maximum absolute atomic E-state index is 13.3. The number of alkyl halides is 3. The Morgan fingerprint density at radius 3 is 2.50 bits per heavy atom. The number of nitrogens with zero attached hydrogens (tertiary/aromatic N) is 5. The van der Waals surface area contributed by atoms with Crippen LogP contribution in [0.2, 0.25) is 0 Å². The molecule has 13 heteroatoms. The number of hydrogen-bond donors (Lipinski definition) is 3. The van der Waals surface area contributed by atoms with Crippen LogP contribution in [0.25, 0.3) is 5.69 Å². The van der Waals surface area contributed by atoms with Crippen LogP contribution < -0.4 is 21.3 Å². The highest BCUT2D eigenvalue weighted by molar-refractivity contribution is 6.32. The van der Waals surface area contributed by atoms with Gasteiger partial charge in [0.05, 0.1) is 34.9 Å². The largest absolute Gasteiger partial charge is 0.416 e. The van der Waals surface area contributed by atoms with Gasteiger partial charge in [-0.25, -0.2) is 14.5 Å². The average Bonchev–Trinajstić information content (AvgIpc) is 3.39. The van der Waals surface area contributed by atoms with Crippen molar-refractivity contribution in [2.24, 2.45) is 10.7 Å². The molecule has 0 saturated heterocycles. The molecule has 0 aliphatic carbocycles. The molecule has 2 aromatic carbocycles. The van der Waals surface area contributed by atoms with Crippen LogP contribution in [-0.2, 0) is 11.0 Å². The van der Waals surface area contributed by atoms with E-state index in [4.69, 9.17) is 5.73 Å². The molecule has 0 fully saturated rings. The van der Waals surface area contributed by atoms with Crippen LogP contribution in [0.5, 0.6) is 0 Å². The standard InChI is InChI=1S/C25H21F3N8O2/c1-3-30-23-22(15(2)29)21(37)10-12-35(23)18-7-5-17(6-8-18)32-24(38)33-19-14-16(25(26,27)28)4-9-20(19)36-13-11-31-34-36/h3-14H,1,29H2,2H3,(H2,32,33,38)/b22-15+,30-23+. The van der Waals surface area contributed by atoms with Crippen molar-refractivity contribution < 1.29 is 22.8 Å². The predicted octanol–water partition coefficient (Wildman–Crippen LogP) is 4.61. The lowest BCUT2D eigenvalue weighted by molar-refractivity contribution is -0.137. The van der Waals surface area contributed by atoms with Gasteiger partial charge in [-0.15, -0.1) is 5.10 Å². The van der Waals surface area contributed by atoms with Gasteiger partial charge in [-0.3, -0.25) is 4.79 Å². The van der Waals surface area contributed by atoms with Crippen LogP contribution >= 0.6 is 0 Å². The molecule has 1 aliphatic heterocycles. The Morgan fingerprint density at radius 1 is 1.16 bits per heavy atom. The lowest BCUT2D eigenvalue weighted by Crippen LogP contribution is -2.35. The number of carbonyl (C=O) groups is 2. The van der Waals surface area contributed by atoms with Crippen molar-refractivity contribution in [2.45, 2.75) is 13.1 Å². The summed E-state index contributed by atoms with van der Waals surface area (Å²) < 4.78 is 41.0. The van der Waals surface area contributed by atoms with E-state index in [1.165, 1.54) is 41.6 Å². The number of benzene rings is 2. The zero-order chi connectivity index (χ0) is 27.4. The summed E-state index contributed by atoms with van der Waals surface area (Å²) in [5.74, 6) is -0.00666. The molecule has 38 heavy (non-hydrogen) atoms. The SMILES string of the molecule is C=C/N=C1\C(=C(/C)N)C(=O)C=CN1c1ccc(NC(=O)Nc2cc(C(F)(F)F)ccc2-n2ccnn2)cc1. The lowest BCUT2D eigenvalue weighted by atomic mass is 10.0. The second-order valence-electron chi connectivity index (χ2n) is 7.95. The fraction of sp³-hybridized carbons (Fsp3) is 0.0800. The van der Waals surface area contributed by atoms with E-state index in [9.17, 15) is 22.8 Å². The molecule has 0 saturated carbocycles. The number of aliphatic imine (C=N–C) groups is 1. The summed E-state index contributed by atoms with van der Waals surface area (Å²) in [6.45, 7) is 5.18. The van der Waals surface area contributed by atoms with Crippen molar-refractivity contribution in [1.29, 1.82) is 0 Å². The van der Waals surface area contributed by atoms with Crippen LogP contribution in [0.1, 0.15) is 12.5 Å². The summed E-state index contributed by atoms with van der Waals surface area (Å²) in [6, 6.07) is 8.58. The van der Waals surface area contributed by atoms with Crippen molar-refractivity contribution in [2.75, 3.05) is 15.5 Å². The number of amidine groups is 1. The highest BCUT2D eigenvalue weighted by atomic mass is 19.4. The molecule has 1 aromatic heterocycles. The zero-order valence-corrected chi connectivity index (χ0v) is 19.9. The normalized spacial score (nSPS) is 15.9. The third-order valence-corrected chi connectivity index (χ3v) is 5.33. The van der Waals surface area contributed by atoms with Gasteiger partial charge in [0.15, 0.2) is 5.78 Å². The van der Waals surface area contributed by atoms with Gasteiger partial charge in [-0.1, -0.05) is 11.8 Å². The average molecular weight is 522 g/mol. The van der Waals surface area contributed by atoms with E-state index in [1.807, 2.05) is 0 Å². The third kappa shape index (κ3) is 5.46. The van der Waals surface area contributed by atoms with Gasteiger partial charge in [-0.2, -0.15) is 13.2 Å². The topological polar surface area (TPSA) is 131 Å². The summed E-state index contributed by atoms with van der Waals surface area (Å²) in [5, 5.41) is 12.4. The van der Waals surface area contributed by atoms with Gasteiger partial charge in [0.2, 0.25) is 0 Å². The maximum Gasteiger partial charge on any atom is 0.416 e. The number of carbonyl (C=O) groups excluding carboxylic acids is 2. The summed E-state index contributed by atoms with van der Waals surface area (Å²) in [7, 11) is 0. The second-order valence-corrected chi connectivity index (χ2v) is 7.95. The number of rotatable bonds is 5. The molecule has 3 aromatic rings. The van der Waals surface area contributed by atoms with Crippen LogP contribution in [0.15, 0.2) is 96.2 Å². The number of ketones is 1. The number of anilines is 3. The number of amides is 2. The number of allylic oxidation sites excluding steroid dienone is 2. The molecule has 1 aliphatic rings. The molecule has 2 heterocycles. The second kappa shape index (κ2) is 10.4. The molecule has 10 nitrogen and oxygen atoms in total. The number of urea groups is 1. The molecule has 0 atom stereocenters. The Kier molecular flexibility index (Phi) is 7.10.